The van der Waals surface area contributed by atoms with Crippen molar-refractivity contribution in [3.8, 4) is 5.75 Å². The van der Waals surface area contributed by atoms with Gasteiger partial charge in [0.1, 0.15) is 12.0 Å². The summed E-state index contributed by atoms with van der Waals surface area (Å²) in [6.07, 6.45) is 0.0626. The highest BCUT2D eigenvalue weighted by Crippen LogP contribution is 2.14. The normalized spacial score (nSPS) is 12.4. The SMILES string of the molecule is CCN(Cc1ccccc1)C(C)Oc1ccccc1. The first kappa shape index (κ1) is 13.6. The molecule has 1 atom stereocenters. The molecule has 100 valence electrons. The summed E-state index contributed by atoms with van der Waals surface area (Å²) >= 11 is 0. The number of rotatable bonds is 6. The van der Waals surface area contributed by atoms with Crippen LogP contribution < -0.4 is 4.74 Å². The zero-order valence-corrected chi connectivity index (χ0v) is 11.6. The highest BCUT2D eigenvalue weighted by molar-refractivity contribution is 5.21. The van der Waals surface area contributed by atoms with Gasteiger partial charge in [-0.2, -0.15) is 0 Å². The molecule has 0 fully saturated rings. The van der Waals surface area contributed by atoms with Crippen LogP contribution in [0.3, 0.4) is 0 Å². The Morgan fingerprint density at radius 1 is 0.947 bits per heavy atom. The number of benzene rings is 2. The van der Waals surface area contributed by atoms with Crippen molar-refractivity contribution < 1.29 is 4.74 Å². The van der Waals surface area contributed by atoms with Crippen molar-refractivity contribution in [1.29, 1.82) is 0 Å². The maximum absolute atomic E-state index is 5.97. The molecule has 0 aromatic heterocycles. The predicted molar refractivity (Wildman–Crippen MR) is 79.1 cm³/mol. The molecular weight excluding hydrogens is 234 g/mol. The van der Waals surface area contributed by atoms with E-state index in [9.17, 15) is 0 Å². The van der Waals surface area contributed by atoms with Gasteiger partial charge in [0.2, 0.25) is 0 Å². The topological polar surface area (TPSA) is 12.5 Å². The smallest absolute Gasteiger partial charge is 0.150 e. The van der Waals surface area contributed by atoms with Gasteiger partial charge in [-0.15, -0.1) is 0 Å². The lowest BCUT2D eigenvalue weighted by Crippen LogP contribution is -2.36. The molecule has 0 saturated carbocycles. The van der Waals surface area contributed by atoms with Gasteiger partial charge in [-0.05, 0) is 31.2 Å². The van der Waals surface area contributed by atoms with Crippen LogP contribution in [0, 0.1) is 0 Å². The van der Waals surface area contributed by atoms with E-state index in [0.29, 0.717) is 0 Å². The Morgan fingerprint density at radius 3 is 2.11 bits per heavy atom. The first-order valence-electron chi connectivity index (χ1n) is 6.79. The number of hydrogen-bond acceptors (Lipinski definition) is 2. The van der Waals surface area contributed by atoms with Crippen LogP contribution in [0.25, 0.3) is 0 Å². The second-order valence-electron chi connectivity index (χ2n) is 4.58. The Hall–Kier alpha value is -1.80. The average molecular weight is 255 g/mol. The molecule has 2 nitrogen and oxygen atoms in total. The highest BCUT2D eigenvalue weighted by Gasteiger charge is 2.13. The summed E-state index contributed by atoms with van der Waals surface area (Å²) in [4.78, 5) is 2.31. The van der Waals surface area contributed by atoms with Crippen molar-refractivity contribution >= 4 is 0 Å². The third-order valence-corrected chi connectivity index (χ3v) is 3.20. The lowest BCUT2D eigenvalue weighted by molar-refractivity contribution is 0.0376. The summed E-state index contributed by atoms with van der Waals surface area (Å²) in [5, 5.41) is 0. The molecule has 0 spiro atoms. The number of hydrogen-bond donors (Lipinski definition) is 0. The van der Waals surface area contributed by atoms with Crippen LogP contribution in [0.5, 0.6) is 5.75 Å². The fourth-order valence-electron chi connectivity index (χ4n) is 2.09. The predicted octanol–water partition coefficient (Wildman–Crippen LogP) is 3.93. The van der Waals surface area contributed by atoms with Crippen molar-refractivity contribution in [3.05, 3.63) is 66.2 Å². The molecule has 0 aliphatic rings. The molecule has 0 N–H and O–H groups in total. The van der Waals surface area contributed by atoms with E-state index in [0.717, 1.165) is 18.8 Å². The van der Waals surface area contributed by atoms with E-state index in [1.165, 1.54) is 5.56 Å². The molecule has 0 amide bonds. The molecule has 0 bridgehead atoms. The second kappa shape index (κ2) is 6.95. The molecule has 19 heavy (non-hydrogen) atoms. The van der Waals surface area contributed by atoms with Crippen LogP contribution in [0.4, 0.5) is 0 Å². The summed E-state index contributed by atoms with van der Waals surface area (Å²) in [6, 6.07) is 20.5. The van der Waals surface area contributed by atoms with E-state index in [2.05, 4.69) is 43.0 Å². The van der Waals surface area contributed by atoms with Crippen LogP contribution in [0.2, 0.25) is 0 Å². The Balaban J connectivity index is 1.97. The Labute approximate surface area is 115 Å². The zero-order valence-electron chi connectivity index (χ0n) is 11.6. The van der Waals surface area contributed by atoms with Gasteiger partial charge in [-0.25, -0.2) is 0 Å². The fraction of sp³-hybridized carbons (Fsp3) is 0.294. The molecule has 1 unspecified atom stereocenters. The van der Waals surface area contributed by atoms with Crippen molar-refractivity contribution in [2.75, 3.05) is 6.54 Å². The molecule has 0 saturated heterocycles. The third-order valence-electron chi connectivity index (χ3n) is 3.20. The summed E-state index contributed by atoms with van der Waals surface area (Å²) in [5.41, 5.74) is 1.31. The first-order valence-corrected chi connectivity index (χ1v) is 6.79. The number of ether oxygens (including phenoxy) is 1. The van der Waals surface area contributed by atoms with E-state index in [4.69, 9.17) is 4.74 Å². The molecule has 2 heteroatoms. The number of para-hydroxylation sites is 1. The molecule has 2 aromatic carbocycles. The molecule has 2 rings (SSSR count). The van der Waals surface area contributed by atoms with E-state index >= 15 is 0 Å². The van der Waals surface area contributed by atoms with Crippen LogP contribution in [-0.4, -0.2) is 17.7 Å². The minimum Gasteiger partial charge on any atom is -0.475 e. The Bertz CT molecular complexity index is 469. The molecule has 2 aromatic rings. The molecule has 0 aliphatic heterocycles. The monoisotopic (exact) mass is 255 g/mol. The van der Waals surface area contributed by atoms with Gasteiger partial charge in [0.25, 0.3) is 0 Å². The summed E-state index contributed by atoms with van der Waals surface area (Å²) in [5.74, 6) is 0.918. The van der Waals surface area contributed by atoms with Crippen LogP contribution in [-0.2, 0) is 6.54 Å². The van der Waals surface area contributed by atoms with Gasteiger partial charge in [-0.3, -0.25) is 4.90 Å². The second-order valence-corrected chi connectivity index (χ2v) is 4.58. The fourth-order valence-corrected chi connectivity index (χ4v) is 2.09. The van der Waals surface area contributed by atoms with E-state index in [1.807, 2.05) is 36.4 Å². The Morgan fingerprint density at radius 2 is 1.53 bits per heavy atom. The van der Waals surface area contributed by atoms with Gasteiger partial charge in [-0.1, -0.05) is 55.5 Å². The first-order chi connectivity index (χ1) is 9.29. The van der Waals surface area contributed by atoms with Crippen LogP contribution >= 0.6 is 0 Å². The summed E-state index contributed by atoms with van der Waals surface area (Å²) in [7, 11) is 0. The van der Waals surface area contributed by atoms with Gasteiger partial charge in [0.05, 0.1) is 0 Å². The van der Waals surface area contributed by atoms with Crippen molar-refractivity contribution in [1.82, 2.24) is 4.90 Å². The van der Waals surface area contributed by atoms with E-state index < -0.39 is 0 Å². The van der Waals surface area contributed by atoms with E-state index in [-0.39, 0.29) is 6.23 Å². The average Bonchev–Trinajstić information content (AvgIpc) is 2.47. The lowest BCUT2D eigenvalue weighted by atomic mass is 10.2. The van der Waals surface area contributed by atoms with Gasteiger partial charge < -0.3 is 4.74 Å². The standard InChI is InChI=1S/C17H21NO/c1-3-18(14-16-10-6-4-7-11-16)15(2)19-17-12-8-5-9-13-17/h4-13,15H,3,14H2,1-2H3. The largest absolute Gasteiger partial charge is 0.475 e. The minimum absolute atomic E-state index is 0.0626. The molecule has 0 radical (unpaired) electrons. The quantitative estimate of drug-likeness (QED) is 0.725. The number of nitrogens with zero attached hydrogens (tertiary/aromatic N) is 1. The van der Waals surface area contributed by atoms with Crippen molar-refractivity contribution in [3.63, 3.8) is 0 Å². The minimum atomic E-state index is 0.0626. The van der Waals surface area contributed by atoms with Gasteiger partial charge >= 0.3 is 0 Å². The maximum Gasteiger partial charge on any atom is 0.150 e. The summed E-state index contributed by atoms with van der Waals surface area (Å²) in [6.45, 7) is 6.13. The van der Waals surface area contributed by atoms with Crippen molar-refractivity contribution in [2.24, 2.45) is 0 Å². The lowest BCUT2D eigenvalue weighted by Gasteiger charge is -2.28. The Kier molecular flexibility index (Phi) is 4.99. The van der Waals surface area contributed by atoms with Gasteiger partial charge in [0, 0.05) is 6.54 Å². The zero-order chi connectivity index (χ0) is 13.5. The maximum atomic E-state index is 5.97. The van der Waals surface area contributed by atoms with E-state index in [1.54, 1.807) is 0 Å². The highest BCUT2D eigenvalue weighted by atomic mass is 16.5. The van der Waals surface area contributed by atoms with Crippen molar-refractivity contribution in [2.45, 2.75) is 26.6 Å². The van der Waals surface area contributed by atoms with Gasteiger partial charge in [0.15, 0.2) is 0 Å². The third kappa shape index (κ3) is 4.11. The molecule has 0 heterocycles. The van der Waals surface area contributed by atoms with Crippen LogP contribution in [0.1, 0.15) is 19.4 Å². The molecular formula is C17H21NO. The molecule has 0 aliphatic carbocycles. The summed E-state index contributed by atoms with van der Waals surface area (Å²) < 4.78 is 5.97. The van der Waals surface area contributed by atoms with Crippen LogP contribution in [0.15, 0.2) is 60.7 Å².